The number of ketones is 1. The predicted octanol–water partition coefficient (Wildman–Crippen LogP) is 4.48. The molecule has 8 heteroatoms. The van der Waals surface area contributed by atoms with Gasteiger partial charge in [0.25, 0.3) is 5.92 Å². The molecule has 0 spiro atoms. The largest absolute Gasteiger partial charge is 0.491 e. The molecule has 6 nitrogen and oxygen atoms in total. The van der Waals surface area contributed by atoms with Gasteiger partial charge in [-0.3, -0.25) is 4.79 Å². The van der Waals surface area contributed by atoms with E-state index in [0.717, 1.165) is 30.1 Å². The number of pyridine rings is 1. The molecular formula is C26H30F2N2O4. The number of hydrogen-bond donors (Lipinski definition) is 0. The standard InChI is InChI=1S/C26H30F2N2O4/c1-17(24(31)10-18-14-32-15-18)19-2-4-21(5-3-19)34-23-8-9-30(13-23)25-7-6-22(12-29-25)33-16-20-11-26(20,27)28/h2-7,12,17-18,20,23H,8-11,13-16H2,1H3. The summed E-state index contributed by atoms with van der Waals surface area (Å²) in [6.07, 6.45) is 2.98. The Labute approximate surface area is 198 Å². The van der Waals surface area contributed by atoms with Crippen molar-refractivity contribution < 1.29 is 27.8 Å². The summed E-state index contributed by atoms with van der Waals surface area (Å²) in [6.45, 7) is 4.90. The van der Waals surface area contributed by atoms with E-state index in [4.69, 9.17) is 14.2 Å². The first-order chi connectivity index (χ1) is 16.4. The Balaban J connectivity index is 1.09. The van der Waals surface area contributed by atoms with Crippen LogP contribution in [-0.2, 0) is 9.53 Å². The highest BCUT2D eigenvalue weighted by Crippen LogP contribution is 2.48. The number of alkyl halides is 2. The molecule has 182 valence electrons. The number of carbonyl (C=O) groups excluding carboxylic acids is 1. The lowest BCUT2D eigenvalue weighted by atomic mass is 9.90. The van der Waals surface area contributed by atoms with E-state index in [0.29, 0.717) is 37.8 Å². The molecule has 1 aromatic heterocycles. The molecule has 3 unspecified atom stereocenters. The number of nitrogens with zero attached hydrogens (tertiary/aromatic N) is 2. The van der Waals surface area contributed by atoms with Gasteiger partial charge in [-0.2, -0.15) is 0 Å². The Morgan fingerprint density at radius 2 is 1.94 bits per heavy atom. The van der Waals surface area contributed by atoms with Crippen molar-refractivity contribution >= 4 is 11.6 Å². The van der Waals surface area contributed by atoms with Gasteiger partial charge in [0.15, 0.2) is 0 Å². The lowest BCUT2D eigenvalue weighted by molar-refractivity contribution is -0.125. The molecular weight excluding hydrogens is 442 g/mol. The van der Waals surface area contributed by atoms with Gasteiger partial charge in [-0.15, -0.1) is 0 Å². The van der Waals surface area contributed by atoms with Crippen molar-refractivity contribution in [2.45, 2.75) is 44.1 Å². The summed E-state index contributed by atoms with van der Waals surface area (Å²) in [6, 6.07) is 11.4. The second-order valence-electron chi connectivity index (χ2n) is 9.66. The van der Waals surface area contributed by atoms with Crippen LogP contribution in [0, 0.1) is 11.8 Å². The Morgan fingerprint density at radius 3 is 2.56 bits per heavy atom. The minimum atomic E-state index is -2.57. The van der Waals surface area contributed by atoms with Crippen molar-refractivity contribution in [3.05, 3.63) is 48.2 Å². The molecule has 2 saturated heterocycles. The number of carbonyl (C=O) groups is 1. The third-order valence-corrected chi connectivity index (χ3v) is 6.96. The molecule has 2 aliphatic heterocycles. The zero-order valence-corrected chi connectivity index (χ0v) is 19.3. The van der Waals surface area contributed by atoms with Crippen molar-refractivity contribution in [3.8, 4) is 11.5 Å². The molecule has 3 heterocycles. The lowest BCUT2D eigenvalue weighted by Gasteiger charge is -2.26. The van der Waals surface area contributed by atoms with Crippen LogP contribution in [-0.4, -0.2) is 55.7 Å². The number of hydrogen-bond acceptors (Lipinski definition) is 6. The SMILES string of the molecule is CC(C(=O)CC1COC1)c1ccc(OC2CCN(c3ccc(OCC4CC4(F)F)cn3)C2)cc1. The molecule has 0 amide bonds. The molecule has 3 atom stereocenters. The maximum Gasteiger partial charge on any atom is 0.255 e. The second-order valence-corrected chi connectivity index (χ2v) is 9.66. The Bertz CT molecular complexity index is 995. The first-order valence-electron chi connectivity index (χ1n) is 12.0. The number of ether oxygens (including phenoxy) is 3. The average molecular weight is 473 g/mol. The summed E-state index contributed by atoms with van der Waals surface area (Å²) < 4.78 is 42.7. The van der Waals surface area contributed by atoms with Crippen LogP contribution >= 0.6 is 0 Å². The van der Waals surface area contributed by atoms with E-state index in [9.17, 15) is 13.6 Å². The normalized spacial score (nSPS) is 24.4. The minimum absolute atomic E-state index is 0.0227. The highest BCUT2D eigenvalue weighted by molar-refractivity contribution is 5.85. The lowest BCUT2D eigenvalue weighted by Crippen LogP contribution is -2.30. The topological polar surface area (TPSA) is 60.9 Å². The van der Waals surface area contributed by atoms with Gasteiger partial charge in [0.05, 0.1) is 38.5 Å². The third-order valence-electron chi connectivity index (χ3n) is 6.96. The van der Waals surface area contributed by atoms with Crippen molar-refractivity contribution in [1.29, 1.82) is 0 Å². The Kier molecular flexibility index (Phi) is 6.42. The van der Waals surface area contributed by atoms with Gasteiger partial charge in [-0.1, -0.05) is 19.1 Å². The molecule has 34 heavy (non-hydrogen) atoms. The Hall–Kier alpha value is -2.74. The summed E-state index contributed by atoms with van der Waals surface area (Å²) in [5.74, 6) is -0.642. The van der Waals surface area contributed by atoms with Gasteiger partial charge in [-0.05, 0) is 29.8 Å². The molecule has 3 aliphatic rings. The minimum Gasteiger partial charge on any atom is -0.491 e. The maximum atomic E-state index is 13.0. The van der Waals surface area contributed by atoms with Gasteiger partial charge < -0.3 is 19.1 Å². The van der Waals surface area contributed by atoms with Crippen LogP contribution in [0.1, 0.15) is 37.7 Å². The van der Waals surface area contributed by atoms with Crippen LogP contribution in [0.5, 0.6) is 11.5 Å². The van der Waals surface area contributed by atoms with Crippen LogP contribution in [0.2, 0.25) is 0 Å². The van der Waals surface area contributed by atoms with Crippen molar-refractivity contribution in [2.75, 3.05) is 37.8 Å². The third kappa shape index (κ3) is 5.32. The van der Waals surface area contributed by atoms with E-state index in [-0.39, 0.29) is 30.8 Å². The molecule has 3 fully saturated rings. The van der Waals surface area contributed by atoms with E-state index >= 15 is 0 Å². The quantitative estimate of drug-likeness (QED) is 0.508. The smallest absolute Gasteiger partial charge is 0.255 e. The predicted molar refractivity (Wildman–Crippen MR) is 123 cm³/mol. The van der Waals surface area contributed by atoms with Gasteiger partial charge in [-0.25, -0.2) is 13.8 Å². The van der Waals surface area contributed by atoms with Crippen LogP contribution in [0.15, 0.2) is 42.6 Å². The molecule has 0 N–H and O–H groups in total. The molecule has 1 aliphatic carbocycles. The molecule has 1 saturated carbocycles. The number of aromatic nitrogens is 1. The summed E-state index contributed by atoms with van der Waals surface area (Å²) in [7, 11) is 0. The first kappa shape index (κ1) is 23.0. The van der Waals surface area contributed by atoms with Crippen molar-refractivity contribution in [2.24, 2.45) is 11.8 Å². The number of Topliss-reactive ketones (excluding diaryl/α,β-unsaturated/α-hetero) is 1. The Morgan fingerprint density at radius 1 is 1.21 bits per heavy atom. The van der Waals surface area contributed by atoms with Gasteiger partial charge in [0.2, 0.25) is 0 Å². The van der Waals surface area contributed by atoms with Crippen LogP contribution < -0.4 is 14.4 Å². The monoisotopic (exact) mass is 472 g/mol. The van der Waals surface area contributed by atoms with E-state index in [2.05, 4.69) is 9.88 Å². The number of rotatable bonds is 10. The fourth-order valence-corrected chi connectivity index (χ4v) is 4.40. The number of halogens is 2. The second kappa shape index (κ2) is 9.49. The van der Waals surface area contributed by atoms with E-state index in [1.165, 1.54) is 0 Å². The average Bonchev–Trinajstić information content (AvgIpc) is 3.18. The summed E-state index contributed by atoms with van der Waals surface area (Å²) >= 11 is 0. The van der Waals surface area contributed by atoms with Crippen molar-refractivity contribution in [3.63, 3.8) is 0 Å². The molecule has 2 aromatic rings. The van der Waals surface area contributed by atoms with Crippen LogP contribution in [0.4, 0.5) is 14.6 Å². The van der Waals surface area contributed by atoms with Crippen molar-refractivity contribution in [1.82, 2.24) is 4.98 Å². The van der Waals surface area contributed by atoms with E-state index in [1.54, 1.807) is 12.3 Å². The number of benzene rings is 1. The summed E-state index contributed by atoms with van der Waals surface area (Å²) in [4.78, 5) is 19.0. The van der Waals surface area contributed by atoms with E-state index < -0.39 is 11.8 Å². The van der Waals surface area contributed by atoms with Crippen LogP contribution in [0.25, 0.3) is 0 Å². The van der Waals surface area contributed by atoms with Gasteiger partial charge >= 0.3 is 0 Å². The maximum absolute atomic E-state index is 13.0. The summed E-state index contributed by atoms with van der Waals surface area (Å²) in [5, 5.41) is 0. The fraction of sp³-hybridized carbons (Fsp3) is 0.538. The van der Waals surface area contributed by atoms with Crippen LogP contribution in [0.3, 0.4) is 0 Å². The first-order valence-corrected chi connectivity index (χ1v) is 12.0. The van der Waals surface area contributed by atoms with E-state index in [1.807, 2.05) is 37.3 Å². The molecule has 1 aromatic carbocycles. The molecule has 0 radical (unpaired) electrons. The summed E-state index contributed by atoms with van der Waals surface area (Å²) in [5.41, 5.74) is 1.00. The molecule has 0 bridgehead atoms. The molecule has 5 rings (SSSR count). The highest BCUT2D eigenvalue weighted by Gasteiger charge is 2.57. The zero-order valence-electron chi connectivity index (χ0n) is 19.3. The van der Waals surface area contributed by atoms with Gasteiger partial charge in [0.1, 0.15) is 29.2 Å². The highest BCUT2D eigenvalue weighted by atomic mass is 19.3. The number of anilines is 1. The fourth-order valence-electron chi connectivity index (χ4n) is 4.40. The zero-order chi connectivity index (χ0) is 23.7. The van der Waals surface area contributed by atoms with Gasteiger partial charge in [0, 0.05) is 37.6 Å².